The van der Waals surface area contributed by atoms with E-state index in [9.17, 15) is 0 Å². The summed E-state index contributed by atoms with van der Waals surface area (Å²) in [4.78, 5) is 0. The van der Waals surface area contributed by atoms with Gasteiger partial charge in [-0.2, -0.15) is 0 Å². The van der Waals surface area contributed by atoms with Crippen LogP contribution in [0.4, 0.5) is 0 Å². The third kappa shape index (κ3) is 130. The highest BCUT2D eigenvalue weighted by Gasteiger charge is 2.29. The lowest BCUT2D eigenvalue weighted by atomic mass is 9.89. The Bertz CT molecular complexity index is 3060. The van der Waals surface area contributed by atoms with Gasteiger partial charge in [0, 0.05) is 48.4 Å². The first-order chi connectivity index (χ1) is 70.6. The maximum Gasteiger partial charge on any atom is 0.0445 e. The van der Waals surface area contributed by atoms with Gasteiger partial charge in [0.05, 0.1) is 0 Å². The summed E-state index contributed by atoms with van der Waals surface area (Å²) < 4.78 is 0. The second-order valence-electron chi connectivity index (χ2n) is 59.0. The number of unbranched alkanes of at least 4 members (excludes halogenated alkanes) is 34. The lowest BCUT2D eigenvalue weighted by Gasteiger charge is -2.27. The molecular formula is C144H292Si6. The zero-order chi connectivity index (χ0) is 115. The van der Waals surface area contributed by atoms with Crippen molar-refractivity contribution in [2.45, 2.75) is 693 Å². The van der Waals surface area contributed by atoms with Gasteiger partial charge in [0.1, 0.15) is 0 Å². The van der Waals surface area contributed by atoms with E-state index < -0.39 is 48.4 Å². The van der Waals surface area contributed by atoms with E-state index in [0.29, 0.717) is 0 Å². The fraction of sp³-hybridized carbons (Fsp3) is 0.861. The van der Waals surface area contributed by atoms with Crippen molar-refractivity contribution >= 4 is 48.4 Å². The van der Waals surface area contributed by atoms with Crippen LogP contribution in [0.15, 0.2) is 122 Å². The van der Waals surface area contributed by atoms with Crippen molar-refractivity contribution in [1.82, 2.24) is 0 Å². The molecule has 892 valence electrons. The van der Waals surface area contributed by atoms with Gasteiger partial charge < -0.3 is 0 Å². The molecule has 0 aliphatic heterocycles. The highest BCUT2D eigenvalue weighted by Crippen LogP contribution is 2.36. The third-order valence-electron chi connectivity index (χ3n) is 30.8. The normalized spacial score (nSPS) is 15.4. The molecule has 6 heteroatoms. The van der Waals surface area contributed by atoms with E-state index in [4.69, 9.17) is 0 Å². The average Bonchev–Trinajstić information content (AvgIpc) is 0.924. The van der Waals surface area contributed by atoms with E-state index in [1.54, 1.807) is 0 Å². The number of hydrogen-bond donors (Lipinski definition) is 0. The minimum absolute atomic E-state index is 0.735. The SMILES string of the molecule is CC/C=C/C(C/C=C/CCCCCCCC(C)C)C(C)C[Si](C)(C)C.CCC/C=C/C=C/C(CCCCCCCC(C)C)C(C)C[Si](C)(C)C.CCC/C=C/CC(/C=C/CCCCCCC(C)C)C(C)C[Si](C)(C)C.CCCC(/C=C/C=C/CCCCCCCC(C)C)C(C)C[Si](C)(C)C.CCCCC/C=C/C(CCCCCCCC(C)C)C(C)C[Si](C)(C)C.CCCCCCC(/C=C/CCCCCCC(C)C)C(C)C[Si](C)(C)C. The van der Waals surface area contributed by atoms with Crippen LogP contribution in [-0.2, 0) is 0 Å². The smallest absolute Gasteiger partial charge is 0.0445 e. The molecule has 12 atom stereocenters. The average molecular weight is 2190 g/mol. The van der Waals surface area contributed by atoms with Gasteiger partial charge in [0.25, 0.3) is 0 Å². The van der Waals surface area contributed by atoms with E-state index in [1.165, 1.54) is 402 Å². The number of allylic oxidation sites excluding steroid dienone is 20. The van der Waals surface area contributed by atoms with Crippen LogP contribution in [0.3, 0.4) is 0 Å². The summed E-state index contributed by atoms with van der Waals surface area (Å²) >= 11 is 0. The Morgan fingerprint density at radius 2 is 0.340 bits per heavy atom. The molecule has 0 fully saturated rings. The molecule has 0 bridgehead atoms. The minimum atomic E-state index is -0.974. The zero-order valence-electron chi connectivity index (χ0n) is 112. The van der Waals surface area contributed by atoms with Gasteiger partial charge in [-0.3, -0.25) is 0 Å². The first kappa shape index (κ1) is 159. The predicted octanol–water partition coefficient (Wildman–Crippen LogP) is 53.7. The van der Waals surface area contributed by atoms with E-state index in [1.807, 2.05) is 0 Å². The molecule has 0 nitrogen and oxygen atoms in total. The molecule has 0 radical (unpaired) electrons. The van der Waals surface area contributed by atoms with Crippen LogP contribution in [0.1, 0.15) is 539 Å². The third-order valence-corrected chi connectivity index (χ3v) is 42.0. The molecule has 0 rings (SSSR count). The molecule has 0 N–H and O–H groups in total. The van der Waals surface area contributed by atoms with Crippen LogP contribution in [-0.4, -0.2) is 48.4 Å². The lowest BCUT2D eigenvalue weighted by Crippen LogP contribution is -2.26. The standard InChI is InChI=1S/2C24H48Si.C24H50Si.C24H48Si.C24H50Si.C24H48Si/c1-8-18-24(23(4)21-25(5,6)7)20-17-15-13-11-9-10-12-14-16-19-22(2)3;1-8-9-19-24(23(4)21-25(5,6)7)20-17-15-13-11-10-12-14-16-18-22(2)3;2*1-8-9-10-16-19-24(23(4)21-25(5,6)7)20-17-14-12-11-13-15-18-22(2)3;2*1-8-9-10-12-16-19-24(23(4)21-25(5,6)7)20-17-14-11-13-15-18-22(2)3/h13,15,17,20,22-24H,8-12,14,16,18-19,21H2,1-7H3;9,15,17,19,22-24H,8,10-14,16,18,20-21H2,1-7H3;17,20,22-24H,8-16,18-19,21H2,1-7H3;10,16-17,20,22-24H,8-9,11-15,18-19,21H2,1-7H3;16,19,22-24H,8-15,17-18,20-21H2,1-7H3;10,12,16,19,22-24H,8-9,11,13-15,17-18,20-21H2,1-7H3/b15-13+,20-17+;17-15+,19-9+;20-17+;16-10+,20-17+;19-16+;12-10+,19-16+. The van der Waals surface area contributed by atoms with Gasteiger partial charge in [-0.25, -0.2) is 0 Å². The predicted molar refractivity (Wildman–Crippen MR) is 727 cm³/mol. The summed E-state index contributed by atoms with van der Waals surface area (Å²) in [6.45, 7) is 102. The highest BCUT2D eigenvalue weighted by atomic mass is 28.3. The van der Waals surface area contributed by atoms with E-state index in [2.05, 4.69) is 406 Å². The van der Waals surface area contributed by atoms with Crippen molar-refractivity contribution in [2.24, 2.45) is 107 Å². The van der Waals surface area contributed by atoms with E-state index in [-0.39, 0.29) is 0 Å². The van der Waals surface area contributed by atoms with Gasteiger partial charge in [-0.1, -0.05) is 692 Å². The van der Waals surface area contributed by atoms with E-state index in [0.717, 1.165) is 113 Å². The monoisotopic (exact) mass is 2190 g/mol. The van der Waals surface area contributed by atoms with Gasteiger partial charge in [0.15, 0.2) is 0 Å². The molecule has 0 aromatic carbocycles. The number of hydrogen-bond acceptors (Lipinski definition) is 0. The Kier molecular flexibility index (Phi) is 113. The Hall–Kier alpha value is -1.30. The summed E-state index contributed by atoms with van der Waals surface area (Å²) in [6, 6.07) is 8.74. The van der Waals surface area contributed by atoms with E-state index >= 15 is 0 Å². The van der Waals surface area contributed by atoms with Crippen molar-refractivity contribution in [3.8, 4) is 0 Å². The quantitative estimate of drug-likeness (QED) is 0.0246. The van der Waals surface area contributed by atoms with Crippen LogP contribution >= 0.6 is 0 Å². The first-order valence-corrected chi connectivity index (χ1v) is 89.4. The summed E-state index contributed by atoms with van der Waals surface area (Å²) in [5.41, 5.74) is 0. The molecule has 0 aromatic rings. The van der Waals surface area contributed by atoms with Gasteiger partial charge in [-0.05, 0) is 229 Å². The van der Waals surface area contributed by atoms with Crippen molar-refractivity contribution in [3.05, 3.63) is 122 Å². The summed E-state index contributed by atoms with van der Waals surface area (Å²) in [7, 11) is -5.76. The molecule has 0 saturated carbocycles. The summed E-state index contributed by atoms with van der Waals surface area (Å²) in [6.07, 6.45) is 128. The van der Waals surface area contributed by atoms with Crippen LogP contribution in [0.5, 0.6) is 0 Å². The summed E-state index contributed by atoms with van der Waals surface area (Å²) in [5.74, 6) is 15.0. The van der Waals surface area contributed by atoms with Crippen molar-refractivity contribution < 1.29 is 0 Å². The molecular weight excluding hydrogens is 1900 g/mol. The molecule has 150 heavy (non-hydrogen) atoms. The largest absolute Gasteiger partial charge is 0.0885 e. The van der Waals surface area contributed by atoms with Crippen LogP contribution in [0.2, 0.25) is 154 Å². The topological polar surface area (TPSA) is 0 Å². The van der Waals surface area contributed by atoms with Crippen molar-refractivity contribution in [2.75, 3.05) is 0 Å². The molecule has 0 amide bonds. The molecule has 0 aromatic heterocycles. The van der Waals surface area contributed by atoms with Gasteiger partial charge in [-0.15, -0.1) is 0 Å². The molecule has 12 unspecified atom stereocenters. The number of rotatable bonds is 92. The Morgan fingerprint density at radius 1 is 0.147 bits per heavy atom. The zero-order valence-corrected chi connectivity index (χ0v) is 118. The Balaban J connectivity index is -0.000000415. The van der Waals surface area contributed by atoms with Crippen LogP contribution in [0, 0.1) is 107 Å². The lowest BCUT2D eigenvalue weighted by molar-refractivity contribution is 0.407. The Morgan fingerprint density at radius 3 is 0.600 bits per heavy atom. The fourth-order valence-corrected chi connectivity index (χ4v) is 36.0. The van der Waals surface area contributed by atoms with Gasteiger partial charge >= 0.3 is 0 Å². The van der Waals surface area contributed by atoms with Gasteiger partial charge in [0.2, 0.25) is 0 Å². The van der Waals surface area contributed by atoms with Crippen molar-refractivity contribution in [1.29, 1.82) is 0 Å². The first-order valence-electron chi connectivity index (χ1n) is 67.2. The molecule has 0 heterocycles. The molecule has 0 spiro atoms. The Labute approximate surface area is 961 Å². The maximum atomic E-state index is 2.60. The fourth-order valence-electron chi connectivity index (χ4n) is 22.6. The van der Waals surface area contributed by atoms with Crippen LogP contribution in [0.25, 0.3) is 0 Å². The maximum absolute atomic E-state index is 2.60. The molecule has 0 saturated heterocycles. The molecule has 0 aliphatic carbocycles. The minimum Gasteiger partial charge on any atom is -0.0885 e. The second kappa shape index (κ2) is 107. The van der Waals surface area contributed by atoms with Crippen LogP contribution < -0.4 is 0 Å². The second-order valence-corrected chi connectivity index (χ2v) is 92.2. The van der Waals surface area contributed by atoms with Crippen molar-refractivity contribution in [3.63, 3.8) is 0 Å². The highest BCUT2D eigenvalue weighted by molar-refractivity contribution is 6.78. The molecule has 0 aliphatic rings. The summed E-state index contributed by atoms with van der Waals surface area (Å²) in [5, 5.41) is 0.